The van der Waals surface area contributed by atoms with Crippen LogP contribution in [0.1, 0.15) is 19.3 Å². The number of nitrogens with two attached hydrogens (primary N) is 1. The lowest BCUT2D eigenvalue weighted by atomic mass is 10.1. The van der Waals surface area contributed by atoms with Crippen molar-refractivity contribution in [2.24, 2.45) is 11.7 Å². The van der Waals surface area contributed by atoms with Crippen molar-refractivity contribution < 1.29 is 17.9 Å². The Kier molecular flexibility index (Phi) is 3.57. The van der Waals surface area contributed by atoms with Gasteiger partial charge in [-0.1, -0.05) is 6.42 Å². The number of benzene rings is 1. The average molecular weight is 298 g/mol. The normalized spacial score (nSPS) is 25.1. The molecule has 1 saturated carbocycles. The zero-order valence-corrected chi connectivity index (χ0v) is 11.9. The van der Waals surface area contributed by atoms with E-state index in [0.717, 1.165) is 19.3 Å². The van der Waals surface area contributed by atoms with E-state index in [0.29, 0.717) is 18.0 Å². The number of hydrogen-bond acceptors (Lipinski definition) is 5. The van der Waals surface area contributed by atoms with E-state index >= 15 is 0 Å². The van der Waals surface area contributed by atoms with E-state index in [1.807, 2.05) is 0 Å². The molecule has 6 nitrogen and oxygen atoms in total. The van der Waals surface area contributed by atoms with E-state index < -0.39 is 10.0 Å². The first-order valence-electron chi connectivity index (χ1n) is 6.72. The lowest BCUT2D eigenvalue weighted by Crippen LogP contribution is -2.39. The van der Waals surface area contributed by atoms with E-state index in [4.69, 9.17) is 15.2 Å². The zero-order chi connectivity index (χ0) is 14.2. The fourth-order valence-electron chi connectivity index (χ4n) is 2.79. The molecule has 2 atom stereocenters. The smallest absolute Gasteiger partial charge is 0.240 e. The summed E-state index contributed by atoms with van der Waals surface area (Å²) in [5.41, 5.74) is 5.68. The van der Waals surface area contributed by atoms with Gasteiger partial charge in [0.1, 0.15) is 0 Å². The van der Waals surface area contributed by atoms with Crippen LogP contribution in [0.25, 0.3) is 0 Å². The second-order valence-corrected chi connectivity index (χ2v) is 6.88. The molecule has 1 aromatic carbocycles. The minimum absolute atomic E-state index is 0.0737. The fourth-order valence-corrected chi connectivity index (χ4v) is 4.14. The Labute approximate surface area is 118 Å². The molecule has 0 saturated heterocycles. The second kappa shape index (κ2) is 5.23. The topological polar surface area (TPSA) is 90.7 Å². The number of rotatable bonds is 4. The van der Waals surface area contributed by atoms with Crippen molar-refractivity contribution in [2.75, 3.05) is 13.3 Å². The van der Waals surface area contributed by atoms with Crippen molar-refractivity contribution in [3.8, 4) is 11.5 Å². The molecule has 0 aromatic heterocycles. The highest BCUT2D eigenvalue weighted by atomic mass is 32.2. The number of nitrogens with one attached hydrogen (secondary N) is 1. The van der Waals surface area contributed by atoms with Crippen molar-refractivity contribution >= 4 is 10.0 Å². The molecule has 20 heavy (non-hydrogen) atoms. The quantitative estimate of drug-likeness (QED) is 0.859. The van der Waals surface area contributed by atoms with Crippen LogP contribution in [-0.4, -0.2) is 27.8 Å². The van der Waals surface area contributed by atoms with Crippen molar-refractivity contribution in [2.45, 2.75) is 30.2 Å². The largest absolute Gasteiger partial charge is 0.454 e. The predicted molar refractivity (Wildman–Crippen MR) is 73.1 cm³/mol. The lowest BCUT2D eigenvalue weighted by molar-refractivity contribution is 0.174. The Balaban J connectivity index is 1.81. The standard InChI is InChI=1S/C13H18N2O4S/c14-7-9-2-1-3-11(9)15-20(16,17)10-4-5-12-13(6-10)19-8-18-12/h4-6,9,11,15H,1-3,7-8,14H2/t9-,11+/m0/s1. The molecule has 110 valence electrons. The van der Waals surface area contributed by atoms with Gasteiger partial charge in [0.2, 0.25) is 16.8 Å². The SMILES string of the molecule is NC[C@@H]1CCC[C@H]1NS(=O)(=O)c1ccc2c(c1)OCO2. The minimum Gasteiger partial charge on any atom is -0.454 e. The highest BCUT2D eigenvalue weighted by Crippen LogP contribution is 2.34. The molecule has 0 unspecified atom stereocenters. The molecular formula is C13H18N2O4S. The summed E-state index contributed by atoms with van der Waals surface area (Å²) in [4.78, 5) is 0.199. The van der Waals surface area contributed by atoms with E-state index in [-0.39, 0.29) is 23.6 Å². The van der Waals surface area contributed by atoms with Gasteiger partial charge in [-0.15, -0.1) is 0 Å². The molecule has 1 aliphatic carbocycles. The third kappa shape index (κ3) is 2.48. The maximum absolute atomic E-state index is 12.4. The Morgan fingerprint density at radius 1 is 1.25 bits per heavy atom. The van der Waals surface area contributed by atoms with Crippen LogP contribution >= 0.6 is 0 Å². The Morgan fingerprint density at radius 2 is 2.05 bits per heavy atom. The lowest BCUT2D eigenvalue weighted by Gasteiger charge is -2.19. The van der Waals surface area contributed by atoms with Crippen LogP contribution in [0.4, 0.5) is 0 Å². The fraction of sp³-hybridized carbons (Fsp3) is 0.538. The average Bonchev–Trinajstić information content (AvgIpc) is 3.05. The molecule has 1 heterocycles. The molecule has 7 heteroatoms. The molecule has 3 rings (SSSR count). The van der Waals surface area contributed by atoms with Crippen LogP contribution < -0.4 is 19.9 Å². The molecule has 0 bridgehead atoms. The van der Waals surface area contributed by atoms with Gasteiger partial charge in [-0.25, -0.2) is 13.1 Å². The Morgan fingerprint density at radius 3 is 2.85 bits per heavy atom. The number of ether oxygens (including phenoxy) is 2. The number of hydrogen-bond donors (Lipinski definition) is 2. The molecule has 0 spiro atoms. The highest BCUT2D eigenvalue weighted by molar-refractivity contribution is 7.89. The molecular weight excluding hydrogens is 280 g/mol. The monoisotopic (exact) mass is 298 g/mol. The first kappa shape index (κ1) is 13.7. The molecule has 1 aromatic rings. The van der Waals surface area contributed by atoms with Crippen LogP contribution in [0.15, 0.2) is 23.1 Å². The van der Waals surface area contributed by atoms with Crippen LogP contribution in [0.5, 0.6) is 11.5 Å². The summed E-state index contributed by atoms with van der Waals surface area (Å²) in [5.74, 6) is 1.26. The van der Waals surface area contributed by atoms with Gasteiger partial charge >= 0.3 is 0 Å². The molecule has 3 N–H and O–H groups in total. The summed E-state index contributed by atoms with van der Waals surface area (Å²) in [6.45, 7) is 0.637. The van der Waals surface area contributed by atoms with Gasteiger partial charge in [0.15, 0.2) is 11.5 Å². The maximum Gasteiger partial charge on any atom is 0.240 e. The third-order valence-electron chi connectivity index (χ3n) is 3.92. The minimum atomic E-state index is -3.55. The molecule has 1 aliphatic heterocycles. The van der Waals surface area contributed by atoms with Gasteiger partial charge in [0.05, 0.1) is 4.90 Å². The van der Waals surface area contributed by atoms with Crippen LogP contribution in [0.3, 0.4) is 0 Å². The van der Waals surface area contributed by atoms with Crippen molar-refractivity contribution in [3.63, 3.8) is 0 Å². The molecule has 0 amide bonds. The Bertz CT molecular complexity index is 602. The number of sulfonamides is 1. The van der Waals surface area contributed by atoms with Crippen molar-refractivity contribution in [3.05, 3.63) is 18.2 Å². The maximum atomic E-state index is 12.4. The van der Waals surface area contributed by atoms with Crippen molar-refractivity contribution in [1.82, 2.24) is 4.72 Å². The van der Waals surface area contributed by atoms with Crippen LogP contribution in [-0.2, 0) is 10.0 Å². The summed E-state index contributed by atoms with van der Waals surface area (Å²) in [7, 11) is -3.55. The van der Waals surface area contributed by atoms with E-state index in [2.05, 4.69) is 4.72 Å². The van der Waals surface area contributed by atoms with Gasteiger partial charge in [0, 0.05) is 12.1 Å². The van der Waals surface area contributed by atoms with Gasteiger partial charge in [-0.2, -0.15) is 0 Å². The second-order valence-electron chi connectivity index (χ2n) is 5.17. The summed E-state index contributed by atoms with van der Waals surface area (Å²) in [5, 5.41) is 0. The first-order valence-corrected chi connectivity index (χ1v) is 8.20. The first-order chi connectivity index (χ1) is 9.60. The van der Waals surface area contributed by atoms with E-state index in [9.17, 15) is 8.42 Å². The number of fused-ring (bicyclic) bond motifs is 1. The van der Waals surface area contributed by atoms with Gasteiger partial charge < -0.3 is 15.2 Å². The summed E-state index contributed by atoms with van der Waals surface area (Å²) >= 11 is 0. The van der Waals surface area contributed by atoms with Crippen molar-refractivity contribution in [1.29, 1.82) is 0 Å². The van der Waals surface area contributed by atoms with E-state index in [1.165, 1.54) is 12.1 Å². The molecule has 2 aliphatic rings. The zero-order valence-electron chi connectivity index (χ0n) is 11.0. The third-order valence-corrected chi connectivity index (χ3v) is 5.41. The van der Waals surface area contributed by atoms with E-state index in [1.54, 1.807) is 6.07 Å². The van der Waals surface area contributed by atoms with Crippen LogP contribution in [0.2, 0.25) is 0 Å². The van der Waals surface area contributed by atoms with Gasteiger partial charge in [-0.05, 0) is 37.4 Å². The van der Waals surface area contributed by atoms with Gasteiger partial charge in [0.25, 0.3) is 0 Å². The van der Waals surface area contributed by atoms with Crippen LogP contribution in [0, 0.1) is 5.92 Å². The Hall–Kier alpha value is -1.31. The van der Waals surface area contributed by atoms with Gasteiger partial charge in [-0.3, -0.25) is 0 Å². The predicted octanol–water partition coefficient (Wildman–Crippen LogP) is 0.821. The molecule has 0 radical (unpaired) electrons. The summed E-state index contributed by atoms with van der Waals surface area (Å²) in [6, 6.07) is 4.57. The molecule has 1 fully saturated rings. The highest BCUT2D eigenvalue weighted by Gasteiger charge is 2.31. The summed E-state index contributed by atoms with van der Waals surface area (Å²) in [6.07, 6.45) is 2.83. The summed E-state index contributed by atoms with van der Waals surface area (Å²) < 4.78 is 38.0.